The minimum Gasteiger partial charge on any atom is -0.450 e. The van der Waals surface area contributed by atoms with Crippen LogP contribution in [0.25, 0.3) is 0 Å². The van der Waals surface area contributed by atoms with Crippen LogP contribution < -0.4 is 10.6 Å². The maximum absolute atomic E-state index is 11.8. The second kappa shape index (κ2) is 12.3. The van der Waals surface area contributed by atoms with Gasteiger partial charge in [-0.15, -0.1) is 0 Å². The maximum Gasteiger partial charge on any atom is 0.412 e. The maximum atomic E-state index is 11.8. The summed E-state index contributed by atoms with van der Waals surface area (Å²) in [4.78, 5) is 27.0. The summed E-state index contributed by atoms with van der Waals surface area (Å²) in [7, 11) is 3.51. The SMILES string of the molecule is CCCCCCOC(=O)NC(=NC)c1ccc(NCC(=O)OP)cc1. The first-order chi connectivity index (χ1) is 12.1. The normalized spacial score (nSPS) is 10.9. The van der Waals surface area contributed by atoms with Crippen molar-refractivity contribution in [2.75, 3.05) is 25.5 Å². The Labute approximate surface area is 150 Å². The lowest BCUT2D eigenvalue weighted by molar-refractivity contribution is -0.131. The average molecular weight is 367 g/mol. The molecule has 7 nitrogen and oxygen atoms in total. The lowest BCUT2D eigenvalue weighted by Crippen LogP contribution is -2.32. The van der Waals surface area contributed by atoms with E-state index in [0.717, 1.165) is 36.9 Å². The van der Waals surface area contributed by atoms with Crippen LogP contribution in [0.2, 0.25) is 0 Å². The predicted octanol–water partition coefficient (Wildman–Crippen LogP) is 3.11. The number of amides is 1. The highest BCUT2D eigenvalue weighted by atomic mass is 31.0. The number of carbonyl (C=O) groups is 2. The zero-order valence-corrected chi connectivity index (χ0v) is 15.9. The van der Waals surface area contributed by atoms with Crippen LogP contribution in [0, 0.1) is 0 Å². The van der Waals surface area contributed by atoms with Gasteiger partial charge in [0, 0.05) is 18.3 Å². The third-order valence-corrected chi connectivity index (χ3v) is 3.66. The number of nitrogens with one attached hydrogen (secondary N) is 2. The quantitative estimate of drug-likeness (QED) is 0.303. The number of rotatable bonds is 9. The number of carbonyl (C=O) groups excluding carboxylic acids is 2. The molecule has 0 bridgehead atoms. The molecular weight excluding hydrogens is 341 g/mol. The highest BCUT2D eigenvalue weighted by molar-refractivity contribution is 7.10. The summed E-state index contributed by atoms with van der Waals surface area (Å²) in [6.07, 6.45) is 3.68. The first-order valence-electron chi connectivity index (χ1n) is 8.25. The van der Waals surface area contributed by atoms with E-state index in [2.05, 4.69) is 27.1 Å². The third kappa shape index (κ3) is 8.49. The highest BCUT2D eigenvalue weighted by Gasteiger charge is 2.09. The van der Waals surface area contributed by atoms with E-state index in [1.165, 1.54) is 0 Å². The standard InChI is InChI=1S/C17H26N3O4P/c1-3-4-5-6-11-23-17(22)20-16(18-2)13-7-9-14(10-8-13)19-12-15(21)24-25/h7-10,19H,3-6,11-12,25H2,1-2H3,(H,18,20,22). The Morgan fingerprint density at radius 2 is 1.88 bits per heavy atom. The van der Waals surface area contributed by atoms with E-state index in [1.807, 2.05) is 9.47 Å². The van der Waals surface area contributed by atoms with E-state index in [0.29, 0.717) is 12.4 Å². The molecule has 8 heteroatoms. The van der Waals surface area contributed by atoms with Crippen molar-refractivity contribution in [3.63, 3.8) is 0 Å². The van der Waals surface area contributed by atoms with Gasteiger partial charge in [0.25, 0.3) is 0 Å². The van der Waals surface area contributed by atoms with Crippen molar-refractivity contribution in [2.24, 2.45) is 4.99 Å². The zero-order valence-electron chi connectivity index (χ0n) is 14.7. The van der Waals surface area contributed by atoms with Crippen molar-refractivity contribution in [3.05, 3.63) is 29.8 Å². The fourth-order valence-electron chi connectivity index (χ4n) is 2.05. The molecule has 138 valence electrons. The monoisotopic (exact) mass is 367 g/mol. The van der Waals surface area contributed by atoms with E-state index in [4.69, 9.17) is 4.74 Å². The summed E-state index contributed by atoms with van der Waals surface area (Å²) < 4.78 is 9.63. The lowest BCUT2D eigenvalue weighted by atomic mass is 10.2. The number of aliphatic imine (C=N–C) groups is 1. The van der Waals surface area contributed by atoms with Crippen LogP contribution in [0.3, 0.4) is 0 Å². The second-order valence-electron chi connectivity index (χ2n) is 5.31. The van der Waals surface area contributed by atoms with Gasteiger partial charge in [0.15, 0.2) is 0 Å². The highest BCUT2D eigenvalue weighted by Crippen LogP contribution is 2.10. The first-order valence-corrected chi connectivity index (χ1v) is 8.72. The van der Waals surface area contributed by atoms with Crippen molar-refractivity contribution in [2.45, 2.75) is 32.6 Å². The van der Waals surface area contributed by atoms with Gasteiger partial charge in [0.1, 0.15) is 12.4 Å². The fourth-order valence-corrected chi connectivity index (χ4v) is 2.13. The molecule has 1 atom stereocenters. The number of nitrogens with zero attached hydrogens (tertiary/aromatic N) is 1. The van der Waals surface area contributed by atoms with Gasteiger partial charge in [-0.2, -0.15) is 0 Å². The number of hydrogen-bond acceptors (Lipinski definition) is 6. The molecule has 0 aliphatic carbocycles. The van der Waals surface area contributed by atoms with Gasteiger partial charge in [0.05, 0.1) is 16.1 Å². The van der Waals surface area contributed by atoms with E-state index < -0.39 is 6.09 Å². The van der Waals surface area contributed by atoms with Crippen LogP contribution >= 0.6 is 9.47 Å². The van der Waals surface area contributed by atoms with E-state index >= 15 is 0 Å². The Kier molecular flexibility index (Phi) is 10.2. The van der Waals surface area contributed by atoms with Crippen LogP contribution in [0.5, 0.6) is 0 Å². The molecule has 0 radical (unpaired) electrons. The number of amidine groups is 1. The molecule has 0 aliphatic heterocycles. The minimum atomic E-state index is -0.512. The summed E-state index contributed by atoms with van der Waals surface area (Å²) in [5.74, 6) is 0.0442. The Bertz CT molecular complexity index is 576. The summed E-state index contributed by atoms with van der Waals surface area (Å²) in [5, 5.41) is 5.57. The van der Waals surface area contributed by atoms with Gasteiger partial charge >= 0.3 is 12.1 Å². The molecule has 0 aromatic heterocycles. The molecule has 0 aliphatic rings. The molecule has 0 heterocycles. The van der Waals surface area contributed by atoms with Gasteiger partial charge in [-0.05, 0) is 30.7 Å². The Morgan fingerprint density at radius 3 is 2.48 bits per heavy atom. The van der Waals surface area contributed by atoms with Gasteiger partial charge in [-0.3, -0.25) is 10.3 Å². The van der Waals surface area contributed by atoms with Gasteiger partial charge in [-0.25, -0.2) is 9.59 Å². The number of alkyl carbamates (subject to hydrolysis) is 1. The number of hydrogen-bond donors (Lipinski definition) is 2. The van der Waals surface area contributed by atoms with Gasteiger partial charge in [-0.1, -0.05) is 26.2 Å². The summed E-state index contributed by atoms with van der Waals surface area (Å²) in [6, 6.07) is 7.15. The fraction of sp³-hybridized carbons (Fsp3) is 0.471. The molecular formula is C17H26N3O4P. The van der Waals surface area contributed by atoms with E-state index in [1.54, 1.807) is 31.3 Å². The van der Waals surface area contributed by atoms with E-state index in [-0.39, 0.29) is 12.5 Å². The molecule has 1 aromatic carbocycles. The molecule has 0 saturated carbocycles. The number of ether oxygens (including phenoxy) is 1. The molecule has 1 aromatic rings. The van der Waals surface area contributed by atoms with Crippen LogP contribution in [0.1, 0.15) is 38.2 Å². The Morgan fingerprint density at radius 1 is 1.16 bits per heavy atom. The van der Waals surface area contributed by atoms with Crippen molar-refractivity contribution < 1.29 is 18.8 Å². The summed E-state index contributed by atoms with van der Waals surface area (Å²) in [6.45, 7) is 2.60. The first kappa shape index (κ1) is 20.9. The van der Waals surface area contributed by atoms with Crippen molar-refractivity contribution >= 4 is 33.1 Å². The Hall–Kier alpha value is -2.14. The van der Waals surface area contributed by atoms with Crippen LogP contribution in [0.15, 0.2) is 29.3 Å². The van der Waals surface area contributed by atoms with Crippen molar-refractivity contribution in [3.8, 4) is 0 Å². The number of anilines is 1. The van der Waals surface area contributed by atoms with Crippen molar-refractivity contribution in [1.82, 2.24) is 5.32 Å². The third-order valence-electron chi connectivity index (χ3n) is 3.40. The molecule has 1 unspecified atom stereocenters. The van der Waals surface area contributed by atoms with Gasteiger partial charge in [0.2, 0.25) is 0 Å². The molecule has 0 saturated heterocycles. The number of unbranched alkanes of at least 4 members (excludes halogenated alkanes) is 3. The summed E-state index contributed by atoms with van der Waals surface area (Å²) >= 11 is 0. The lowest BCUT2D eigenvalue weighted by Gasteiger charge is -2.10. The molecule has 2 N–H and O–H groups in total. The second-order valence-corrected chi connectivity index (χ2v) is 5.55. The molecule has 1 amide bonds. The smallest absolute Gasteiger partial charge is 0.412 e. The zero-order chi connectivity index (χ0) is 18.5. The summed E-state index contributed by atoms with van der Waals surface area (Å²) in [5.41, 5.74) is 1.50. The predicted molar refractivity (Wildman–Crippen MR) is 102 cm³/mol. The van der Waals surface area contributed by atoms with Crippen molar-refractivity contribution in [1.29, 1.82) is 0 Å². The molecule has 0 fully saturated rings. The van der Waals surface area contributed by atoms with E-state index in [9.17, 15) is 9.59 Å². The number of benzene rings is 1. The molecule has 25 heavy (non-hydrogen) atoms. The molecule has 0 spiro atoms. The van der Waals surface area contributed by atoms with Gasteiger partial charge < -0.3 is 14.6 Å². The minimum absolute atomic E-state index is 0.0696. The Balaban J connectivity index is 2.48. The largest absolute Gasteiger partial charge is 0.450 e. The average Bonchev–Trinajstić information content (AvgIpc) is 2.64. The molecule has 1 rings (SSSR count). The van der Waals surface area contributed by atoms with Crippen LogP contribution in [0.4, 0.5) is 10.5 Å². The topological polar surface area (TPSA) is 89.0 Å². The van der Waals surface area contributed by atoms with Crippen LogP contribution in [-0.2, 0) is 14.1 Å². The van der Waals surface area contributed by atoms with Crippen LogP contribution in [-0.4, -0.2) is 38.1 Å².